The number of methoxy groups -OCH3 is 1. The SMILES string of the molecule is COCCNCC(C)c1cccc(C(F)(F)F)c1. The minimum absolute atomic E-state index is 0.0316. The van der Waals surface area contributed by atoms with E-state index in [1.807, 2.05) is 6.92 Å². The van der Waals surface area contributed by atoms with Crippen molar-refractivity contribution in [3.63, 3.8) is 0 Å². The average molecular weight is 261 g/mol. The Morgan fingerprint density at radius 3 is 2.67 bits per heavy atom. The van der Waals surface area contributed by atoms with Gasteiger partial charge >= 0.3 is 6.18 Å². The molecule has 1 aromatic rings. The van der Waals surface area contributed by atoms with Crippen molar-refractivity contribution in [2.45, 2.75) is 19.0 Å². The summed E-state index contributed by atoms with van der Waals surface area (Å²) in [4.78, 5) is 0. The van der Waals surface area contributed by atoms with Crippen molar-refractivity contribution >= 4 is 0 Å². The first kappa shape index (κ1) is 15.0. The van der Waals surface area contributed by atoms with Gasteiger partial charge in [0.15, 0.2) is 0 Å². The van der Waals surface area contributed by atoms with Gasteiger partial charge in [0, 0.05) is 20.2 Å². The number of hydrogen-bond acceptors (Lipinski definition) is 2. The van der Waals surface area contributed by atoms with Crippen molar-refractivity contribution in [3.05, 3.63) is 35.4 Å². The van der Waals surface area contributed by atoms with E-state index in [-0.39, 0.29) is 5.92 Å². The third kappa shape index (κ3) is 4.66. The van der Waals surface area contributed by atoms with E-state index in [0.717, 1.165) is 6.07 Å². The van der Waals surface area contributed by atoms with Crippen LogP contribution in [0.4, 0.5) is 13.2 Å². The molecule has 0 saturated heterocycles. The molecule has 0 heterocycles. The van der Waals surface area contributed by atoms with Crippen LogP contribution in [0, 0.1) is 0 Å². The maximum atomic E-state index is 12.6. The van der Waals surface area contributed by atoms with Gasteiger partial charge in [-0.3, -0.25) is 0 Å². The lowest BCUT2D eigenvalue weighted by molar-refractivity contribution is -0.137. The van der Waals surface area contributed by atoms with Gasteiger partial charge in [0.2, 0.25) is 0 Å². The summed E-state index contributed by atoms with van der Waals surface area (Å²) in [6.45, 7) is 3.81. The molecular weight excluding hydrogens is 243 g/mol. The van der Waals surface area contributed by atoms with E-state index in [1.165, 1.54) is 12.1 Å². The highest BCUT2D eigenvalue weighted by Gasteiger charge is 2.30. The summed E-state index contributed by atoms with van der Waals surface area (Å²) >= 11 is 0. The van der Waals surface area contributed by atoms with Gasteiger partial charge < -0.3 is 10.1 Å². The number of hydrogen-bond donors (Lipinski definition) is 1. The topological polar surface area (TPSA) is 21.3 Å². The summed E-state index contributed by atoms with van der Waals surface area (Å²) in [5.41, 5.74) is 0.0958. The molecule has 1 unspecified atom stereocenters. The predicted molar refractivity (Wildman–Crippen MR) is 64.6 cm³/mol. The molecule has 1 aromatic carbocycles. The lowest BCUT2D eigenvalue weighted by atomic mass is 9.99. The normalized spacial score (nSPS) is 13.6. The largest absolute Gasteiger partial charge is 0.416 e. The Kier molecular flexibility index (Phi) is 5.62. The number of ether oxygens (including phenoxy) is 1. The standard InChI is InChI=1S/C13H18F3NO/c1-10(9-17-6-7-18-2)11-4-3-5-12(8-11)13(14,15)16/h3-5,8,10,17H,6-7,9H2,1-2H3. The van der Waals surface area contributed by atoms with Crippen LogP contribution in [0.15, 0.2) is 24.3 Å². The Hall–Kier alpha value is -1.07. The van der Waals surface area contributed by atoms with Crippen molar-refractivity contribution in [1.82, 2.24) is 5.32 Å². The van der Waals surface area contributed by atoms with Crippen LogP contribution in [0.2, 0.25) is 0 Å². The molecule has 0 saturated carbocycles. The molecule has 18 heavy (non-hydrogen) atoms. The zero-order valence-electron chi connectivity index (χ0n) is 10.6. The highest BCUT2D eigenvalue weighted by molar-refractivity contribution is 5.28. The second kappa shape index (κ2) is 6.75. The van der Waals surface area contributed by atoms with Gasteiger partial charge in [-0.25, -0.2) is 0 Å². The van der Waals surface area contributed by atoms with Crippen LogP contribution in [0.25, 0.3) is 0 Å². The number of alkyl halides is 3. The lowest BCUT2D eigenvalue weighted by Gasteiger charge is -2.15. The lowest BCUT2D eigenvalue weighted by Crippen LogP contribution is -2.24. The summed E-state index contributed by atoms with van der Waals surface area (Å²) in [7, 11) is 1.61. The van der Waals surface area contributed by atoms with Crippen molar-refractivity contribution < 1.29 is 17.9 Å². The third-order valence-electron chi connectivity index (χ3n) is 2.72. The predicted octanol–water partition coefficient (Wildman–Crippen LogP) is 3.04. The van der Waals surface area contributed by atoms with E-state index in [0.29, 0.717) is 25.3 Å². The minimum atomic E-state index is -4.28. The van der Waals surface area contributed by atoms with Crippen LogP contribution in [-0.4, -0.2) is 26.8 Å². The summed E-state index contributed by atoms with van der Waals surface area (Å²) in [6.07, 6.45) is -4.28. The fourth-order valence-corrected chi connectivity index (χ4v) is 1.63. The first-order valence-corrected chi connectivity index (χ1v) is 5.82. The highest BCUT2D eigenvalue weighted by atomic mass is 19.4. The van der Waals surface area contributed by atoms with Gasteiger partial charge in [-0.2, -0.15) is 13.2 Å². The van der Waals surface area contributed by atoms with Crippen molar-refractivity contribution in [2.75, 3.05) is 26.8 Å². The fourth-order valence-electron chi connectivity index (χ4n) is 1.63. The van der Waals surface area contributed by atoms with Crippen LogP contribution < -0.4 is 5.32 Å². The molecule has 0 bridgehead atoms. The first-order valence-electron chi connectivity index (χ1n) is 5.82. The molecule has 2 nitrogen and oxygen atoms in total. The molecule has 0 amide bonds. The number of rotatable bonds is 6. The van der Waals surface area contributed by atoms with E-state index in [1.54, 1.807) is 13.2 Å². The molecule has 0 aliphatic heterocycles. The molecule has 0 aromatic heterocycles. The summed E-state index contributed by atoms with van der Waals surface area (Å²) in [6, 6.07) is 5.47. The smallest absolute Gasteiger partial charge is 0.383 e. The molecule has 0 radical (unpaired) electrons. The molecule has 5 heteroatoms. The summed E-state index contributed by atoms with van der Waals surface area (Å²) < 4.78 is 42.5. The Morgan fingerprint density at radius 2 is 2.06 bits per heavy atom. The Labute approximate surface area is 105 Å². The Bertz CT molecular complexity index is 365. The molecule has 0 fully saturated rings. The van der Waals surface area contributed by atoms with Crippen LogP contribution in [0.3, 0.4) is 0 Å². The Balaban J connectivity index is 2.60. The van der Waals surface area contributed by atoms with Crippen LogP contribution >= 0.6 is 0 Å². The Morgan fingerprint density at radius 1 is 1.33 bits per heavy atom. The maximum absolute atomic E-state index is 12.6. The van der Waals surface area contributed by atoms with Gasteiger partial charge in [0.25, 0.3) is 0 Å². The van der Waals surface area contributed by atoms with Gasteiger partial charge in [-0.15, -0.1) is 0 Å². The van der Waals surface area contributed by atoms with Gasteiger partial charge in [0.05, 0.1) is 12.2 Å². The molecular formula is C13H18F3NO. The van der Waals surface area contributed by atoms with E-state index in [2.05, 4.69) is 5.32 Å². The van der Waals surface area contributed by atoms with E-state index in [9.17, 15) is 13.2 Å². The molecule has 102 valence electrons. The van der Waals surface area contributed by atoms with Crippen LogP contribution in [0.1, 0.15) is 24.0 Å². The monoisotopic (exact) mass is 261 g/mol. The molecule has 1 rings (SSSR count). The van der Waals surface area contributed by atoms with E-state index >= 15 is 0 Å². The third-order valence-corrected chi connectivity index (χ3v) is 2.72. The molecule has 0 aliphatic carbocycles. The number of nitrogens with one attached hydrogen (secondary N) is 1. The minimum Gasteiger partial charge on any atom is -0.383 e. The van der Waals surface area contributed by atoms with Crippen molar-refractivity contribution in [3.8, 4) is 0 Å². The number of halogens is 3. The van der Waals surface area contributed by atoms with Gasteiger partial charge in [-0.05, 0) is 17.5 Å². The van der Waals surface area contributed by atoms with Crippen molar-refractivity contribution in [2.24, 2.45) is 0 Å². The zero-order chi connectivity index (χ0) is 13.6. The van der Waals surface area contributed by atoms with Gasteiger partial charge in [-0.1, -0.05) is 25.1 Å². The second-order valence-corrected chi connectivity index (χ2v) is 4.22. The first-order chi connectivity index (χ1) is 8.45. The molecule has 1 N–H and O–H groups in total. The van der Waals surface area contributed by atoms with Crippen LogP contribution in [0.5, 0.6) is 0 Å². The molecule has 0 spiro atoms. The van der Waals surface area contributed by atoms with Gasteiger partial charge in [0.1, 0.15) is 0 Å². The summed E-state index contributed by atoms with van der Waals surface area (Å²) in [5.74, 6) is 0.0316. The van der Waals surface area contributed by atoms with Crippen molar-refractivity contribution in [1.29, 1.82) is 0 Å². The van der Waals surface area contributed by atoms with Crippen LogP contribution in [-0.2, 0) is 10.9 Å². The highest BCUT2D eigenvalue weighted by Crippen LogP contribution is 2.30. The quantitative estimate of drug-likeness (QED) is 0.795. The fraction of sp³-hybridized carbons (Fsp3) is 0.538. The maximum Gasteiger partial charge on any atom is 0.416 e. The molecule has 1 atom stereocenters. The number of benzene rings is 1. The van der Waals surface area contributed by atoms with E-state index in [4.69, 9.17) is 4.74 Å². The average Bonchev–Trinajstić information content (AvgIpc) is 2.33. The second-order valence-electron chi connectivity index (χ2n) is 4.22. The van der Waals surface area contributed by atoms with E-state index < -0.39 is 11.7 Å². The summed E-state index contributed by atoms with van der Waals surface area (Å²) in [5, 5.41) is 3.14. The molecule has 0 aliphatic rings. The zero-order valence-corrected chi connectivity index (χ0v) is 10.6.